The van der Waals surface area contributed by atoms with Crippen molar-refractivity contribution in [2.45, 2.75) is 0 Å². The molecule has 0 aliphatic rings. The van der Waals surface area contributed by atoms with E-state index in [-0.39, 0.29) is 17.3 Å². The zero-order chi connectivity index (χ0) is 21.0. The average Bonchev–Trinajstić information content (AvgIpc) is 2.70. The van der Waals surface area contributed by atoms with Crippen LogP contribution in [0.3, 0.4) is 0 Å². The van der Waals surface area contributed by atoms with Gasteiger partial charge in [-0.2, -0.15) is 0 Å². The van der Waals surface area contributed by atoms with Crippen LogP contribution < -0.4 is 20.1 Å². The molecule has 0 saturated carbocycles. The predicted octanol–water partition coefficient (Wildman–Crippen LogP) is 5.20. The molecule has 0 bridgehead atoms. The zero-order valence-electron chi connectivity index (χ0n) is 15.3. The van der Waals surface area contributed by atoms with E-state index in [9.17, 15) is 10.1 Å². The Morgan fingerprint density at radius 2 is 1.69 bits per heavy atom. The number of nitrogens with zero attached hydrogens (tertiary/aromatic N) is 3. The summed E-state index contributed by atoms with van der Waals surface area (Å²) in [5.74, 6) is 0.948. The van der Waals surface area contributed by atoms with Gasteiger partial charge in [0.1, 0.15) is 17.8 Å². The smallest absolute Gasteiger partial charge is 0.353 e. The summed E-state index contributed by atoms with van der Waals surface area (Å²) >= 11 is 11.9. The Hall–Kier alpha value is -3.30. The number of nitrogens with one attached hydrogen (secondary N) is 2. The van der Waals surface area contributed by atoms with Crippen molar-refractivity contribution in [3.63, 3.8) is 0 Å². The van der Waals surface area contributed by atoms with Crippen molar-refractivity contribution in [3.8, 4) is 11.5 Å². The monoisotopic (exact) mass is 435 g/mol. The Balaban J connectivity index is 2.01. The average molecular weight is 436 g/mol. The van der Waals surface area contributed by atoms with Crippen molar-refractivity contribution in [3.05, 3.63) is 62.9 Å². The molecular weight excluding hydrogens is 421 g/mol. The minimum absolute atomic E-state index is 0.0206. The molecule has 0 amide bonds. The van der Waals surface area contributed by atoms with E-state index in [4.69, 9.17) is 32.7 Å². The summed E-state index contributed by atoms with van der Waals surface area (Å²) in [6.45, 7) is 0. The molecule has 2 N–H and O–H groups in total. The number of nitro groups is 1. The molecule has 0 atom stereocenters. The maximum Gasteiger partial charge on any atom is 0.353 e. The minimum Gasteiger partial charge on any atom is -0.497 e. The number of anilines is 4. The molecule has 1 aromatic heterocycles. The molecule has 9 nitrogen and oxygen atoms in total. The highest BCUT2D eigenvalue weighted by molar-refractivity contribution is 6.42. The van der Waals surface area contributed by atoms with E-state index in [0.717, 1.165) is 0 Å². The number of hydrogen-bond acceptors (Lipinski definition) is 8. The summed E-state index contributed by atoms with van der Waals surface area (Å²) in [5.41, 5.74) is 0.559. The van der Waals surface area contributed by atoms with Crippen molar-refractivity contribution in [1.29, 1.82) is 0 Å². The van der Waals surface area contributed by atoms with Crippen LogP contribution in [0, 0.1) is 10.1 Å². The van der Waals surface area contributed by atoms with Crippen LogP contribution in [-0.4, -0.2) is 29.1 Å². The van der Waals surface area contributed by atoms with E-state index in [2.05, 4.69) is 20.6 Å². The van der Waals surface area contributed by atoms with Gasteiger partial charge in [-0.3, -0.25) is 10.1 Å². The number of benzene rings is 2. The number of hydrogen-bond donors (Lipinski definition) is 2. The highest BCUT2D eigenvalue weighted by Crippen LogP contribution is 2.37. The molecular formula is C18H15Cl2N5O4. The van der Waals surface area contributed by atoms with Gasteiger partial charge in [-0.25, -0.2) is 9.97 Å². The molecule has 0 unspecified atom stereocenters. The second-order valence-electron chi connectivity index (χ2n) is 5.62. The van der Waals surface area contributed by atoms with Gasteiger partial charge in [0, 0.05) is 11.8 Å². The van der Waals surface area contributed by atoms with Gasteiger partial charge in [0.15, 0.2) is 0 Å². The third-order valence-electron chi connectivity index (χ3n) is 3.85. The molecule has 3 rings (SSSR count). The van der Waals surface area contributed by atoms with Gasteiger partial charge >= 0.3 is 5.69 Å². The van der Waals surface area contributed by atoms with Gasteiger partial charge in [-0.15, -0.1) is 0 Å². The summed E-state index contributed by atoms with van der Waals surface area (Å²) in [5, 5.41) is 18.2. The molecule has 3 aromatic rings. The highest BCUT2D eigenvalue weighted by Gasteiger charge is 2.24. The molecule has 1 heterocycles. The standard InChI is InChI=1S/C18H15Cl2N5O4/c1-28-11-4-6-15(29-2)14(8-11)24-18-16(25(26)27)17(21-9-22-18)23-10-3-5-12(19)13(20)7-10/h3-9H,1-2H3,(H2,21,22,23,24). The van der Waals surface area contributed by atoms with Gasteiger partial charge in [-0.1, -0.05) is 23.2 Å². The Morgan fingerprint density at radius 3 is 2.31 bits per heavy atom. The van der Waals surface area contributed by atoms with Crippen molar-refractivity contribution in [2.75, 3.05) is 24.9 Å². The molecule has 29 heavy (non-hydrogen) atoms. The fourth-order valence-corrected chi connectivity index (χ4v) is 2.78. The largest absolute Gasteiger partial charge is 0.497 e. The number of ether oxygens (including phenoxy) is 2. The first-order valence-corrected chi connectivity index (χ1v) is 8.89. The summed E-state index contributed by atoms with van der Waals surface area (Å²) in [4.78, 5) is 19.2. The van der Waals surface area contributed by atoms with Crippen molar-refractivity contribution < 1.29 is 14.4 Å². The van der Waals surface area contributed by atoms with Gasteiger partial charge in [0.05, 0.1) is 34.9 Å². The fraction of sp³-hybridized carbons (Fsp3) is 0.111. The maximum absolute atomic E-state index is 11.8. The van der Waals surface area contributed by atoms with Crippen LogP contribution in [0.1, 0.15) is 0 Å². The van der Waals surface area contributed by atoms with E-state index in [1.54, 1.807) is 30.3 Å². The van der Waals surface area contributed by atoms with Gasteiger partial charge in [0.25, 0.3) is 0 Å². The molecule has 0 fully saturated rings. The SMILES string of the molecule is COc1ccc(OC)c(Nc2ncnc(Nc3ccc(Cl)c(Cl)c3)c2[N+](=O)[O-])c1. The molecule has 0 radical (unpaired) electrons. The number of rotatable bonds is 7. The summed E-state index contributed by atoms with van der Waals surface area (Å²) in [6.07, 6.45) is 1.20. The normalized spacial score (nSPS) is 10.3. The van der Waals surface area contributed by atoms with E-state index < -0.39 is 4.92 Å². The first-order chi connectivity index (χ1) is 13.9. The van der Waals surface area contributed by atoms with Gasteiger partial charge in [-0.05, 0) is 30.3 Å². The van der Waals surface area contributed by atoms with E-state index >= 15 is 0 Å². The maximum atomic E-state index is 11.8. The fourth-order valence-electron chi connectivity index (χ4n) is 2.48. The van der Waals surface area contributed by atoms with Gasteiger partial charge < -0.3 is 20.1 Å². The summed E-state index contributed by atoms with van der Waals surface area (Å²) in [7, 11) is 3.00. The number of aromatic nitrogens is 2. The van der Waals surface area contributed by atoms with E-state index in [0.29, 0.717) is 32.9 Å². The molecule has 0 aliphatic heterocycles. The third-order valence-corrected chi connectivity index (χ3v) is 4.59. The lowest BCUT2D eigenvalue weighted by Crippen LogP contribution is -2.06. The summed E-state index contributed by atoms with van der Waals surface area (Å²) < 4.78 is 10.5. The molecule has 11 heteroatoms. The van der Waals surface area contributed by atoms with Crippen LogP contribution in [0.5, 0.6) is 11.5 Å². The molecule has 0 saturated heterocycles. The van der Waals surface area contributed by atoms with Crippen molar-refractivity contribution in [1.82, 2.24) is 9.97 Å². The van der Waals surface area contributed by atoms with Crippen LogP contribution in [-0.2, 0) is 0 Å². The van der Waals surface area contributed by atoms with Gasteiger partial charge in [0.2, 0.25) is 11.6 Å². The zero-order valence-corrected chi connectivity index (χ0v) is 16.8. The van der Waals surface area contributed by atoms with Crippen molar-refractivity contribution >= 4 is 51.9 Å². The van der Waals surface area contributed by atoms with E-state index in [1.165, 1.54) is 26.6 Å². The third kappa shape index (κ3) is 4.58. The minimum atomic E-state index is -0.588. The number of halogens is 2. The molecule has 150 valence electrons. The Labute approximate surface area is 175 Å². The Morgan fingerprint density at radius 1 is 0.966 bits per heavy atom. The van der Waals surface area contributed by atoms with Crippen LogP contribution in [0.4, 0.5) is 28.7 Å². The topological polar surface area (TPSA) is 111 Å². The lowest BCUT2D eigenvalue weighted by Gasteiger charge is -2.13. The molecule has 2 aromatic carbocycles. The second kappa shape index (κ2) is 8.80. The second-order valence-corrected chi connectivity index (χ2v) is 6.44. The molecule has 0 aliphatic carbocycles. The first kappa shape index (κ1) is 20.4. The predicted molar refractivity (Wildman–Crippen MR) is 111 cm³/mol. The van der Waals surface area contributed by atoms with Crippen LogP contribution in [0.15, 0.2) is 42.7 Å². The molecule has 0 spiro atoms. The van der Waals surface area contributed by atoms with Crippen LogP contribution in [0.25, 0.3) is 0 Å². The Bertz CT molecular complexity index is 1060. The van der Waals surface area contributed by atoms with Crippen LogP contribution >= 0.6 is 23.2 Å². The lowest BCUT2D eigenvalue weighted by molar-refractivity contribution is -0.383. The summed E-state index contributed by atoms with van der Waals surface area (Å²) in [6, 6.07) is 9.74. The lowest BCUT2D eigenvalue weighted by atomic mass is 10.2. The van der Waals surface area contributed by atoms with Crippen molar-refractivity contribution in [2.24, 2.45) is 0 Å². The van der Waals surface area contributed by atoms with Crippen LogP contribution in [0.2, 0.25) is 10.0 Å². The van der Waals surface area contributed by atoms with E-state index in [1.807, 2.05) is 0 Å². The Kier molecular flexibility index (Phi) is 6.20. The highest BCUT2D eigenvalue weighted by atomic mass is 35.5. The first-order valence-electron chi connectivity index (χ1n) is 8.13. The number of methoxy groups -OCH3 is 2. The quantitative estimate of drug-likeness (QED) is 0.384.